The van der Waals surface area contributed by atoms with Crippen LogP contribution in [-0.2, 0) is 6.54 Å². The highest BCUT2D eigenvalue weighted by Crippen LogP contribution is 2.26. The summed E-state index contributed by atoms with van der Waals surface area (Å²) in [7, 11) is 0. The van der Waals surface area contributed by atoms with E-state index in [2.05, 4.69) is 21.2 Å². The van der Waals surface area contributed by atoms with Crippen molar-refractivity contribution in [2.24, 2.45) is 0 Å². The summed E-state index contributed by atoms with van der Waals surface area (Å²) in [5.74, 6) is -0.439. The SMILES string of the molecule is Cc1ccc(CNc2ccc(C#N)c(Br)c2F)cc1. The van der Waals surface area contributed by atoms with Gasteiger partial charge in [-0.15, -0.1) is 0 Å². The number of nitrogens with one attached hydrogen (secondary N) is 1. The molecule has 0 aliphatic heterocycles. The molecule has 0 aliphatic rings. The van der Waals surface area contributed by atoms with Crippen LogP contribution in [0.4, 0.5) is 10.1 Å². The van der Waals surface area contributed by atoms with Crippen LogP contribution in [0.3, 0.4) is 0 Å². The summed E-state index contributed by atoms with van der Waals surface area (Å²) in [5.41, 5.74) is 2.94. The normalized spacial score (nSPS) is 10.0. The van der Waals surface area contributed by atoms with Gasteiger partial charge in [0.25, 0.3) is 0 Å². The predicted octanol–water partition coefficient (Wildman–Crippen LogP) is 4.38. The van der Waals surface area contributed by atoms with Crippen molar-refractivity contribution in [1.82, 2.24) is 0 Å². The Hall–Kier alpha value is -1.86. The van der Waals surface area contributed by atoms with Crippen LogP contribution in [0, 0.1) is 24.1 Å². The Kier molecular flexibility index (Phi) is 4.18. The lowest BCUT2D eigenvalue weighted by atomic mass is 10.1. The first-order chi connectivity index (χ1) is 9.11. The monoisotopic (exact) mass is 318 g/mol. The molecule has 0 saturated heterocycles. The van der Waals surface area contributed by atoms with E-state index in [0.717, 1.165) is 5.56 Å². The van der Waals surface area contributed by atoms with Crippen LogP contribution in [0.15, 0.2) is 40.9 Å². The fraction of sp³-hybridized carbons (Fsp3) is 0.133. The van der Waals surface area contributed by atoms with Gasteiger partial charge in [0, 0.05) is 6.54 Å². The van der Waals surface area contributed by atoms with Crippen LogP contribution in [0.5, 0.6) is 0 Å². The largest absolute Gasteiger partial charge is 0.379 e. The summed E-state index contributed by atoms with van der Waals surface area (Å²) in [4.78, 5) is 0. The number of hydrogen-bond acceptors (Lipinski definition) is 2. The van der Waals surface area contributed by atoms with Crippen LogP contribution in [0.25, 0.3) is 0 Å². The molecule has 1 N–H and O–H groups in total. The summed E-state index contributed by atoms with van der Waals surface area (Å²) < 4.78 is 14.2. The molecule has 96 valence electrons. The molecule has 19 heavy (non-hydrogen) atoms. The zero-order valence-corrected chi connectivity index (χ0v) is 12.0. The van der Waals surface area contributed by atoms with Crippen LogP contribution in [-0.4, -0.2) is 0 Å². The van der Waals surface area contributed by atoms with E-state index in [1.165, 1.54) is 5.56 Å². The molecular formula is C15H12BrFN2. The Balaban J connectivity index is 2.14. The number of nitrogens with zero attached hydrogens (tertiary/aromatic N) is 1. The maximum atomic E-state index is 14.0. The molecule has 0 fully saturated rings. The third kappa shape index (κ3) is 3.12. The minimum absolute atomic E-state index is 0.198. The molecule has 0 unspecified atom stereocenters. The van der Waals surface area contributed by atoms with Crippen molar-refractivity contribution in [2.75, 3.05) is 5.32 Å². The van der Waals surface area contributed by atoms with Crippen molar-refractivity contribution in [2.45, 2.75) is 13.5 Å². The summed E-state index contributed by atoms with van der Waals surface area (Å²) in [6.45, 7) is 2.56. The van der Waals surface area contributed by atoms with E-state index in [0.29, 0.717) is 17.8 Å². The molecular weight excluding hydrogens is 307 g/mol. The van der Waals surface area contributed by atoms with Gasteiger partial charge in [0.05, 0.1) is 15.7 Å². The zero-order valence-electron chi connectivity index (χ0n) is 10.4. The van der Waals surface area contributed by atoms with Crippen molar-refractivity contribution < 1.29 is 4.39 Å². The van der Waals surface area contributed by atoms with Crippen LogP contribution in [0.2, 0.25) is 0 Å². The van der Waals surface area contributed by atoms with Crippen molar-refractivity contribution in [3.8, 4) is 6.07 Å². The molecule has 2 aromatic rings. The second-order valence-electron chi connectivity index (χ2n) is 4.24. The van der Waals surface area contributed by atoms with Gasteiger partial charge in [-0.1, -0.05) is 29.8 Å². The van der Waals surface area contributed by atoms with Crippen molar-refractivity contribution in [3.63, 3.8) is 0 Å². The van der Waals surface area contributed by atoms with E-state index in [1.54, 1.807) is 12.1 Å². The minimum atomic E-state index is -0.439. The summed E-state index contributed by atoms with van der Waals surface area (Å²) in [5, 5.41) is 11.8. The number of hydrogen-bond donors (Lipinski definition) is 1. The van der Waals surface area contributed by atoms with Gasteiger partial charge in [-0.3, -0.25) is 0 Å². The molecule has 0 spiro atoms. The minimum Gasteiger partial charge on any atom is -0.379 e. The van der Waals surface area contributed by atoms with Crippen LogP contribution >= 0.6 is 15.9 Å². The molecule has 0 heterocycles. The Labute approximate surface area is 120 Å². The molecule has 2 aromatic carbocycles. The fourth-order valence-electron chi connectivity index (χ4n) is 1.68. The molecule has 0 aromatic heterocycles. The van der Waals surface area contributed by atoms with Crippen LogP contribution < -0.4 is 5.32 Å². The number of aryl methyl sites for hydroxylation is 1. The Morgan fingerprint density at radius 1 is 1.21 bits per heavy atom. The predicted molar refractivity (Wildman–Crippen MR) is 77.3 cm³/mol. The molecule has 0 bridgehead atoms. The number of halogens is 2. The first kappa shape index (κ1) is 13.6. The van der Waals surface area contributed by atoms with Gasteiger partial charge in [0.2, 0.25) is 0 Å². The highest BCUT2D eigenvalue weighted by Gasteiger charge is 2.10. The average molecular weight is 319 g/mol. The lowest BCUT2D eigenvalue weighted by molar-refractivity contribution is 0.623. The highest BCUT2D eigenvalue weighted by molar-refractivity contribution is 9.10. The van der Waals surface area contributed by atoms with Crippen molar-refractivity contribution >= 4 is 21.6 Å². The van der Waals surface area contributed by atoms with Gasteiger partial charge in [0.1, 0.15) is 6.07 Å². The average Bonchev–Trinajstić information content (AvgIpc) is 2.42. The van der Waals surface area contributed by atoms with Gasteiger partial charge in [-0.25, -0.2) is 4.39 Å². The van der Waals surface area contributed by atoms with E-state index in [4.69, 9.17) is 5.26 Å². The first-order valence-corrected chi connectivity index (χ1v) is 6.58. The number of anilines is 1. The Bertz CT molecular complexity index is 630. The second kappa shape index (κ2) is 5.85. The number of nitriles is 1. The quantitative estimate of drug-likeness (QED) is 0.911. The van der Waals surface area contributed by atoms with Gasteiger partial charge >= 0.3 is 0 Å². The molecule has 0 aliphatic carbocycles. The maximum absolute atomic E-state index is 14.0. The van der Waals surface area contributed by atoms with Gasteiger partial charge < -0.3 is 5.32 Å². The standard InChI is InChI=1S/C15H12BrFN2/c1-10-2-4-11(5-3-10)9-19-13-7-6-12(8-18)14(16)15(13)17/h2-7,19H,9H2,1H3. The maximum Gasteiger partial charge on any atom is 0.161 e. The zero-order chi connectivity index (χ0) is 13.8. The third-order valence-electron chi connectivity index (χ3n) is 2.81. The topological polar surface area (TPSA) is 35.8 Å². The molecule has 2 nitrogen and oxygen atoms in total. The van der Waals surface area contributed by atoms with E-state index >= 15 is 0 Å². The molecule has 0 atom stereocenters. The lowest BCUT2D eigenvalue weighted by Gasteiger charge is -2.09. The second-order valence-corrected chi connectivity index (χ2v) is 5.03. The lowest BCUT2D eigenvalue weighted by Crippen LogP contribution is -2.02. The highest BCUT2D eigenvalue weighted by atomic mass is 79.9. The molecule has 0 amide bonds. The smallest absolute Gasteiger partial charge is 0.161 e. The summed E-state index contributed by atoms with van der Waals surface area (Å²) in [6, 6.07) is 13.1. The van der Waals surface area contributed by atoms with Gasteiger partial charge in [-0.05, 0) is 40.5 Å². The van der Waals surface area contributed by atoms with E-state index in [-0.39, 0.29) is 4.47 Å². The van der Waals surface area contributed by atoms with Gasteiger partial charge in [-0.2, -0.15) is 5.26 Å². The Morgan fingerprint density at radius 2 is 1.89 bits per heavy atom. The molecule has 2 rings (SSSR count). The third-order valence-corrected chi connectivity index (χ3v) is 3.58. The van der Waals surface area contributed by atoms with Crippen LogP contribution in [0.1, 0.15) is 16.7 Å². The summed E-state index contributed by atoms with van der Waals surface area (Å²) >= 11 is 3.09. The molecule has 4 heteroatoms. The van der Waals surface area contributed by atoms with E-state index < -0.39 is 5.82 Å². The fourth-order valence-corrected chi connectivity index (χ4v) is 2.11. The molecule has 0 saturated carbocycles. The first-order valence-electron chi connectivity index (χ1n) is 5.79. The Morgan fingerprint density at radius 3 is 2.53 bits per heavy atom. The summed E-state index contributed by atoms with van der Waals surface area (Å²) in [6.07, 6.45) is 0. The van der Waals surface area contributed by atoms with Gasteiger partial charge in [0.15, 0.2) is 5.82 Å². The number of rotatable bonds is 3. The van der Waals surface area contributed by atoms with Crippen molar-refractivity contribution in [3.05, 3.63) is 63.4 Å². The number of benzene rings is 2. The molecule has 0 radical (unpaired) electrons. The van der Waals surface area contributed by atoms with Crippen molar-refractivity contribution in [1.29, 1.82) is 5.26 Å². The van der Waals surface area contributed by atoms with E-state index in [1.807, 2.05) is 37.3 Å². The van der Waals surface area contributed by atoms with E-state index in [9.17, 15) is 4.39 Å².